The summed E-state index contributed by atoms with van der Waals surface area (Å²) in [6, 6.07) is 0.522. The van der Waals surface area contributed by atoms with E-state index in [0.717, 1.165) is 32.2 Å². The maximum absolute atomic E-state index is 12.9. The van der Waals surface area contributed by atoms with E-state index >= 15 is 0 Å². The maximum atomic E-state index is 12.9. The fourth-order valence-electron chi connectivity index (χ4n) is 3.63. The van der Waals surface area contributed by atoms with Gasteiger partial charge in [-0.1, -0.05) is 13.8 Å². The Balaban J connectivity index is 2.03. The minimum absolute atomic E-state index is 0.487. The number of piperidine rings is 1. The van der Waals surface area contributed by atoms with Gasteiger partial charge in [0.2, 0.25) is 0 Å². The van der Waals surface area contributed by atoms with E-state index in [-0.39, 0.29) is 0 Å². The summed E-state index contributed by atoms with van der Waals surface area (Å²) in [7, 11) is -3.27. The number of nitrogens with one attached hydrogen (secondary N) is 1. The molecule has 2 aliphatic rings. The molecule has 0 aromatic rings. The third-order valence-corrected chi connectivity index (χ3v) is 6.69. The van der Waals surface area contributed by atoms with Gasteiger partial charge in [-0.3, -0.25) is 0 Å². The van der Waals surface area contributed by atoms with Crippen LogP contribution < -0.4 is 5.32 Å². The highest BCUT2D eigenvalue weighted by molar-refractivity contribution is 7.86. The molecular formula is C15H31N3O2S. The highest BCUT2D eigenvalue weighted by Crippen LogP contribution is 2.27. The van der Waals surface area contributed by atoms with Gasteiger partial charge in [0.15, 0.2) is 0 Å². The minimum atomic E-state index is -3.27. The molecule has 6 heteroatoms. The van der Waals surface area contributed by atoms with Gasteiger partial charge in [-0.05, 0) is 51.0 Å². The summed E-state index contributed by atoms with van der Waals surface area (Å²) in [5.41, 5.74) is 0. The number of nitrogens with zero attached hydrogens (tertiary/aromatic N) is 2. The van der Waals surface area contributed by atoms with Crippen LogP contribution in [0.5, 0.6) is 0 Å². The van der Waals surface area contributed by atoms with Gasteiger partial charge in [0.1, 0.15) is 0 Å². The minimum Gasteiger partial charge on any atom is -0.314 e. The Morgan fingerprint density at radius 2 is 1.86 bits per heavy atom. The summed E-state index contributed by atoms with van der Waals surface area (Å²) in [6.45, 7) is 7.84. The molecular weight excluding hydrogens is 286 g/mol. The standard InChI is InChI=1S/C15H31N3O2S/c1-3-10-17(11-4-2)21(19,20)18-12-6-7-14(13-18)15-8-5-9-16-15/h14-16H,3-13H2,1-2H3. The van der Waals surface area contributed by atoms with Gasteiger partial charge in [0, 0.05) is 32.2 Å². The van der Waals surface area contributed by atoms with E-state index in [4.69, 9.17) is 0 Å². The van der Waals surface area contributed by atoms with Crippen molar-refractivity contribution >= 4 is 10.2 Å². The quantitative estimate of drug-likeness (QED) is 0.779. The Morgan fingerprint density at radius 1 is 1.14 bits per heavy atom. The molecule has 2 fully saturated rings. The molecule has 0 radical (unpaired) electrons. The first-order valence-electron chi connectivity index (χ1n) is 8.58. The summed E-state index contributed by atoms with van der Waals surface area (Å²) in [6.07, 6.45) is 6.33. The van der Waals surface area contributed by atoms with Crippen LogP contribution in [0.25, 0.3) is 0 Å². The van der Waals surface area contributed by atoms with Gasteiger partial charge in [-0.2, -0.15) is 17.0 Å². The Hall–Kier alpha value is -0.170. The van der Waals surface area contributed by atoms with Gasteiger partial charge < -0.3 is 5.32 Å². The van der Waals surface area contributed by atoms with Crippen LogP contribution in [-0.4, -0.2) is 55.8 Å². The molecule has 0 aromatic heterocycles. The molecule has 2 unspecified atom stereocenters. The zero-order chi connectivity index (χ0) is 15.3. The van der Waals surface area contributed by atoms with Crippen molar-refractivity contribution in [2.24, 2.45) is 5.92 Å². The topological polar surface area (TPSA) is 52.7 Å². The first-order valence-corrected chi connectivity index (χ1v) is 9.97. The second kappa shape index (κ2) is 7.90. The van der Waals surface area contributed by atoms with Crippen LogP contribution in [0.2, 0.25) is 0 Å². The van der Waals surface area contributed by atoms with E-state index in [1.807, 2.05) is 13.8 Å². The number of hydrogen-bond donors (Lipinski definition) is 1. The van der Waals surface area contributed by atoms with Crippen LogP contribution in [0.3, 0.4) is 0 Å². The largest absolute Gasteiger partial charge is 0.314 e. The highest BCUT2D eigenvalue weighted by Gasteiger charge is 2.36. The van der Waals surface area contributed by atoms with Gasteiger partial charge in [-0.25, -0.2) is 0 Å². The molecule has 0 aliphatic carbocycles. The summed E-state index contributed by atoms with van der Waals surface area (Å²) < 4.78 is 29.1. The van der Waals surface area contributed by atoms with Crippen molar-refractivity contribution in [3.63, 3.8) is 0 Å². The summed E-state index contributed by atoms with van der Waals surface area (Å²) in [4.78, 5) is 0. The van der Waals surface area contributed by atoms with Crippen LogP contribution in [0.4, 0.5) is 0 Å². The molecule has 0 aromatic carbocycles. The SMILES string of the molecule is CCCN(CCC)S(=O)(=O)N1CCCC(C2CCCN2)C1. The van der Waals surface area contributed by atoms with Gasteiger partial charge in [0.25, 0.3) is 10.2 Å². The van der Waals surface area contributed by atoms with Gasteiger partial charge in [0.05, 0.1) is 0 Å². The van der Waals surface area contributed by atoms with Crippen molar-refractivity contribution in [2.75, 3.05) is 32.7 Å². The average molecular weight is 317 g/mol. The van der Waals surface area contributed by atoms with Crippen molar-refractivity contribution < 1.29 is 8.42 Å². The number of hydrogen-bond acceptors (Lipinski definition) is 3. The zero-order valence-electron chi connectivity index (χ0n) is 13.6. The van der Waals surface area contributed by atoms with Crippen LogP contribution in [0.1, 0.15) is 52.4 Å². The molecule has 2 rings (SSSR count). The van der Waals surface area contributed by atoms with Crippen molar-refractivity contribution in [2.45, 2.75) is 58.4 Å². The molecule has 0 spiro atoms. The van der Waals surface area contributed by atoms with Crippen molar-refractivity contribution in [1.29, 1.82) is 0 Å². The first kappa shape index (κ1) is 17.2. The van der Waals surface area contributed by atoms with Crippen molar-refractivity contribution in [3.8, 4) is 0 Å². The third-order valence-electron chi connectivity index (χ3n) is 4.69. The van der Waals surface area contributed by atoms with E-state index in [9.17, 15) is 8.42 Å². The Kier molecular flexibility index (Phi) is 6.47. The molecule has 2 atom stereocenters. The molecule has 2 saturated heterocycles. The normalized spacial score (nSPS) is 28.3. The Morgan fingerprint density at radius 3 is 2.43 bits per heavy atom. The lowest BCUT2D eigenvalue weighted by atomic mass is 9.91. The maximum Gasteiger partial charge on any atom is 0.281 e. The summed E-state index contributed by atoms with van der Waals surface area (Å²) in [5, 5.41) is 3.54. The molecule has 124 valence electrons. The molecule has 2 aliphatic heterocycles. The summed E-state index contributed by atoms with van der Waals surface area (Å²) in [5.74, 6) is 0.487. The molecule has 0 amide bonds. The first-order chi connectivity index (χ1) is 10.1. The van der Waals surface area contributed by atoms with Crippen LogP contribution in [-0.2, 0) is 10.2 Å². The van der Waals surface area contributed by atoms with Gasteiger partial charge >= 0.3 is 0 Å². The lowest BCUT2D eigenvalue weighted by Crippen LogP contribution is -2.51. The third kappa shape index (κ3) is 4.18. The highest BCUT2D eigenvalue weighted by atomic mass is 32.2. The fourth-order valence-corrected chi connectivity index (χ4v) is 5.52. The molecule has 2 heterocycles. The van der Waals surface area contributed by atoms with Crippen molar-refractivity contribution in [3.05, 3.63) is 0 Å². The lowest BCUT2D eigenvalue weighted by molar-refractivity contribution is 0.213. The van der Waals surface area contributed by atoms with E-state index in [0.29, 0.717) is 38.1 Å². The van der Waals surface area contributed by atoms with E-state index < -0.39 is 10.2 Å². The van der Waals surface area contributed by atoms with Gasteiger partial charge in [-0.15, -0.1) is 0 Å². The van der Waals surface area contributed by atoms with Crippen LogP contribution in [0.15, 0.2) is 0 Å². The predicted octanol–water partition coefficient (Wildman–Crippen LogP) is 1.82. The number of rotatable bonds is 7. The second-order valence-electron chi connectivity index (χ2n) is 6.37. The lowest BCUT2D eigenvalue weighted by Gasteiger charge is -2.37. The van der Waals surface area contributed by atoms with Crippen LogP contribution >= 0.6 is 0 Å². The van der Waals surface area contributed by atoms with E-state index in [1.165, 1.54) is 12.8 Å². The van der Waals surface area contributed by atoms with Crippen LogP contribution in [0, 0.1) is 5.92 Å². The second-order valence-corrected chi connectivity index (χ2v) is 8.30. The van der Waals surface area contributed by atoms with Crippen molar-refractivity contribution in [1.82, 2.24) is 13.9 Å². The monoisotopic (exact) mass is 317 g/mol. The summed E-state index contributed by atoms with van der Waals surface area (Å²) >= 11 is 0. The van der Waals surface area contributed by atoms with E-state index in [2.05, 4.69) is 5.32 Å². The molecule has 0 bridgehead atoms. The fraction of sp³-hybridized carbons (Fsp3) is 1.00. The molecule has 21 heavy (non-hydrogen) atoms. The zero-order valence-corrected chi connectivity index (χ0v) is 14.4. The van der Waals surface area contributed by atoms with E-state index in [1.54, 1.807) is 8.61 Å². The molecule has 1 N–H and O–H groups in total. The molecule has 0 saturated carbocycles. The molecule has 5 nitrogen and oxygen atoms in total. The Bertz CT molecular complexity index is 401. The predicted molar refractivity (Wildman–Crippen MR) is 86.4 cm³/mol. The smallest absolute Gasteiger partial charge is 0.281 e. The Labute approximate surface area is 130 Å². The average Bonchev–Trinajstić information content (AvgIpc) is 3.01.